The van der Waals surface area contributed by atoms with Crippen LogP contribution in [0.25, 0.3) is 0 Å². The first-order chi connectivity index (χ1) is 7.65. The highest BCUT2D eigenvalue weighted by Crippen LogP contribution is 2.28. The Balaban J connectivity index is 2.01. The first-order valence-corrected chi connectivity index (χ1v) is 5.76. The van der Waals surface area contributed by atoms with E-state index in [1.165, 1.54) is 31.4 Å². The summed E-state index contributed by atoms with van der Waals surface area (Å²) in [5.41, 5.74) is 0.559. The van der Waals surface area contributed by atoms with Gasteiger partial charge in [-0.25, -0.2) is 4.39 Å². The fraction of sp³-hybridized carbons (Fsp3) is 0.538. The molecule has 0 spiro atoms. The molecule has 16 heavy (non-hydrogen) atoms. The summed E-state index contributed by atoms with van der Waals surface area (Å²) in [7, 11) is 0. The fourth-order valence-corrected chi connectivity index (χ4v) is 1.78. The minimum Gasteiger partial charge on any atom is -0.493 e. The largest absolute Gasteiger partial charge is 0.493 e. The van der Waals surface area contributed by atoms with Crippen LogP contribution in [0.15, 0.2) is 18.2 Å². The smallest absolute Gasteiger partial charge is 0.127 e. The molecule has 1 aliphatic carbocycles. The molecule has 0 bridgehead atoms. The van der Waals surface area contributed by atoms with E-state index in [9.17, 15) is 9.50 Å². The molecule has 0 amide bonds. The number of hydrogen-bond donors (Lipinski definition) is 1. The lowest BCUT2D eigenvalue weighted by atomic mass is 9.86. The average molecular weight is 224 g/mol. The standard InChI is InChI=1S/C13H17FO2/c1-9(15)11-5-12(14)7-13(6-11)16-8-10-3-2-4-10/h5-7,9-10,15H,2-4,8H2,1H3. The lowest BCUT2D eigenvalue weighted by Gasteiger charge is -2.25. The van der Waals surface area contributed by atoms with Crippen LogP contribution in [0.4, 0.5) is 4.39 Å². The predicted octanol–water partition coefficient (Wildman–Crippen LogP) is 3.06. The van der Waals surface area contributed by atoms with Crippen LogP contribution in [-0.4, -0.2) is 11.7 Å². The number of ether oxygens (including phenoxy) is 1. The van der Waals surface area contributed by atoms with Crippen molar-refractivity contribution in [2.75, 3.05) is 6.61 Å². The Hall–Kier alpha value is -1.09. The highest BCUT2D eigenvalue weighted by Gasteiger charge is 2.18. The van der Waals surface area contributed by atoms with E-state index in [-0.39, 0.29) is 5.82 Å². The molecule has 1 fully saturated rings. The third-order valence-electron chi connectivity index (χ3n) is 3.09. The van der Waals surface area contributed by atoms with Crippen molar-refractivity contribution < 1.29 is 14.2 Å². The van der Waals surface area contributed by atoms with E-state index in [1.807, 2.05) is 0 Å². The SMILES string of the molecule is CC(O)c1cc(F)cc(OCC2CCC2)c1. The van der Waals surface area contributed by atoms with Gasteiger partial charge in [-0.05, 0) is 43.4 Å². The van der Waals surface area contributed by atoms with E-state index in [4.69, 9.17) is 4.74 Å². The van der Waals surface area contributed by atoms with Gasteiger partial charge >= 0.3 is 0 Å². The molecule has 0 aromatic heterocycles. The molecule has 2 rings (SSSR count). The molecular formula is C13H17FO2. The molecular weight excluding hydrogens is 207 g/mol. The van der Waals surface area contributed by atoms with Crippen LogP contribution in [0.2, 0.25) is 0 Å². The summed E-state index contributed by atoms with van der Waals surface area (Å²) >= 11 is 0. The van der Waals surface area contributed by atoms with Crippen LogP contribution in [0.1, 0.15) is 37.9 Å². The summed E-state index contributed by atoms with van der Waals surface area (Å²) in [6, 6.07) is 4.40. The van der Waals surface area contributed by atoms with Gasteiger partial charge < -0.3 is 9.84 Å². The number of halogens is 1. The van der Waals surface area contributed by atoms with E-state index in [0.717, 1.165) is 0 Å². The lowest BCUT2D eigenvalue weighted by Crippen LogP contribution is -2.19. The van der Waals surface area contributed by atoms with Crippen molar-refractivity contribution in [1.29, 1.82) is 0 Å². The van der Waals surface area contributed by atoms with Crippen molar-refractivity contribution >= 4 is 0 Å². The van der Waals surface area contributed by atoms with E-state index < -0.39 is 6.10 Å². The fourth-order valence-electron chi connectivity index (χ4n) is 1.78. The molecule has 0 aliphatic heterocycles. The number of rotatable bonds is 4. The maximum Gasteiger partial charge on any atom is 0.127 e. The second kappa shape index (κ2) is 4.83. The van der Waals surface area contributed by atoms with Crippen LogP contribution in [0, 0.1) is 11.7 Å². The summed E-state index contributed by atoms with van der Waals surface area (Å²) < 4.78 is 18.7. The molecule has 1 aromatic rings. The number of aliphatic hydroxyl groups excluding tert-OH is 1. The van der Waals surface area contributed by atoms with Gasteiger partial charge in [-0.3, -0.25) is 0 Å². The van der Waals surface area contributed by atoms with Crippen molar-refractivity contribution in [3.63, 3.8) is 0 Å². The van der Waals surface area contributed by atoms with E-state index in [1.54, 1.807) is 13.0 Å². The van der Waals surface area contributed by atoms with Gasteiger partial charge in [0, 0.05) is 6.07 Å². The van der Waals surface area contributed by atoms with Crippen LogP contribution >= 0.6 is 0 Å². The predicted molar refractivity (Wildman–Crippen MR) is 59.9 cm³/mol. The van der Waals surface area contributed by atoms with Crippen molar-refractivity contribution in [2.24, 2.45) is 5.92 Å². The normalized spacial score (nSPS) is 17.9. The molecule has 1 atom stereocenters. The molecule has 3 heteroatoms. The zero-order valence-electron chi connectivity index (χ0n) is 9.45. The molecule has 1 N–H and O–H groups in total. The third-order valence-corrected chi connectivity index (χ3v) is 3.09. The maximum absolute atomic E-state index is 13.2. The Kier molecular flexibility index (Phi) is 3.44. The Morgan fingerprint density at radius 3 is 2.75 bits per heavy atom. The summed E-state index contributed by atoms with van der Waals surface area (Å²) in [5.74, 6) is 0.781. The van der Waals surface area contributed by atoms with Crippen molar-refractivity contribution in [3.8, 4) is 5.75 Å². The first kappa shape index (κ1) is 11.4. The molecule has 88 valence electrons. The zero-order chi connectivity index (χ0) is 11.5. The van der Waals surface area contributed by atoms with E-state index in [2.05, 4.69) is 0 Å². The van der Waals surface area contributed by atoms with Gasteiger partial charge in [0.05, 0.1) is 12.7 Å². The molecule has 0 radical (unpaired) electrons. The Labute approximate surface area is 95.1 Å². The van der Waals surface area contributed by atoms with Crippen molar-refractivity contribution in [1.82, 2.24) is 0 Å². The second-order valence-corrected chi connectivity index (χ2v) is 4.50. The Morgan fingerprint density at radius 2 is 2.19 bits per heavy atom. The van der Waals surface area contributed by atoms with Crippen LogP contribution in [0.5, 0.6) is 5.75 Å². The molecule has 2 nitrogen and oxygen atoms in total. The van der Waals surface area contributed by atoms with Crippen LogP contribution in [-0.2, 0) is 0 Å². The minimum absolute atomic E-state index is 0.359. The molecule has 1 saturated carbocycles. The first-order valence-electron chi connectivity index (χ1n) is 5.76. The van der Waals surface area contributed by atoms with Gasteiger partial charge in [0.1, 0.15) is 11.6 Å². The molecule has 1 aromatic carbocycles. The van der Waals surface area contributed by atoms with E-state index >= 15 is 0 Å². The summed E-state index contributed by atoms with van der Waals surface area (Å²) in [6.45, 7) is 2.27. The number of hydrogen-bond acceptors (Lipinski definition) is 2. The van der Waals surface area contributed by atoms with Crippen molar-refractivity contribution in [3.05, 3.63) is 29.6 Å². The van der Waals surface area contributed by atoms with E-state index in [0.29, 0.717) is 23.8 Å². The summed E-state index contributed by atoms with van der Waals surface area (Å²) in [4.78, 5) is 0. The summed E-state index contributed by atoms with van der Waals surface area (Å²) in [5, 5.41) is 9.39. The van der Waals surface area contributed by atoms with Gasteiger partial charge in [-0.2, -0.15) is 0 Å². The molecule has 0 saturated heterocycles. The number of aliphatic hydroxyl groups is 1. The Morgan fingerprint density at radius 1 is 1.44 bits per heavy atom. The van der Waals surface area contributed by atoms with Crippen molar-refractivity contribution in [2.45, 2.75) is 32.3 Å². The van der Waals surface area contributed by atoms with Crippen LogP contribution < -0.4 is 4.74 Å². The van der Waals surface area contributed by atoms with Gasteiger partial charge in [0.15, 0.2) is 0 Å². The molecule has 0 heterocycles. The average Bonchev–Trinajstić information content (AvgIpc) is 2.14. The van der Waals surface area contributed by atoms with Crippen LogP contribution in [0.3, 0.4) is 0 Å². The van der Waals surface area contributed by atoms with Gasteiger partial charge in [0.2, 0.25) is 0 Å². The Bertz CT molecular complexity index is 359. The second-order valence-electron chi connectivity index (χ2n) is 4.50. The van der Waals surface area contributed by atoms with Gasteiger partial charge in [0.25, 0.3) is 0 Å². The summed E-state index contributed by atoms with van der Waals surface area (Å²) in [6.07, 6.45) is 3.02. The minimum atomic E-state index is -0.665. The van der Waals surface area contributed by atoms with Gasteiger partial charge in [-0.1, -0.05) is 6.42 Å². The number of benzene rings is 1. The van der Waals surface area contributed by atoms with Gasteiger partial charge in [-0.15, -0.1) is 0 Å². The highest BCUT2D eigenvalue weighted by atomic mass is 19.1. The molecule has 1 aliphatic rings. The molecule has 1 unspecified atom stereocenters. The lowest BCUT2D eigenvalue weighted by molar-refractivity contribution is 0.177. The maximum atomic E-state index is 13.2. The third kappa shape index (κ3) is 2.73. The highest BCUT2D eigenvalue weighted by molar-refractivity contribution is 5.30. The monoisotopic (exact) mass is 224 g/mol. The zero-order valence-corrected chi connectivity index (χ0v) is 9.45. The quantitative estimate of drug-likeness (QED) is 0.851. The topological polar surface area (TPSA) is 29.5 Å².